The summed E-state index contributed by atoms with van der Waals surface area (Å²) in [5.41, 5.74) is 2.98. The molecule has 66 valence electrons. The molecule has 1 heterocycles. The lowest BCUT2D eigenvalue weighted by molar-refractivity contribution is 0.953. The maximum absolute atomic E-state index is 2.28. The van der Waals surface area contributed by atoms with Crippen LogP contribution in [-0.2, 0) is 7.05 Å². The molecule has 1 aliphatic rings. The SMILES string of the molecule is Cn1ccc2cccc(C3CC3)c21. The average Bonchev–Trinajstić information content (AvgIpc) is 2.92. The van der Waals surface area contributed by atoms with Gasteiger partial charge >= 0.3 is 0 Å². The van der Waals surface area contributed by atoms with E-state index in [0.29, 0.717) is 0 Å². The number of rotatable bonds is 1. The third-order valence-electron chi connectivity index (χ3n) is 2.95. The highest BCUT2D eigenvalue weighted by atomic mass is 14.9. The van der Waals surface area contributed by atoms with Gasteiger partial charge in [0.2, 0.25) is 0 Å². The lowest BCUT2D eigenvalue weighted by Gasteiger charge is -2.03. The Kier molecular flexibility index (Phi) is 1.32. The van der Waals surface area contributed by atoms with Crippen molar-refractivity contribution in [2.45, 2.75) is 18.8 Å². The summed E-state index contributed by atoms with van der Waals surface area (Å²) in [5.74, 6) is 0.845. The first-order valence-electron chi connectivity index (χ1n) is 4.90. The summed E-state index contributed by atoms with van der Waals surface area (Å²) in [7, 11) is 2.13. The van der Waals surface area contributed by atoms with Crippen molar-refractivity contribution in [3.05, 3.63) is 36.0 Å². The molecule has 0 amide bonds. The van der Waals surface area contributed by atoms with Crippen molar-refractivity contribution in [3.63, 3.8) is 0 Å². The summed E-state index contributed by atoms with van der Waals surface area (Å²) in [4.78, 5) is 0. The summed E-state index contributed by atoms with van der Waals surface area (Å²) in [6.07, 6.45) is 4.91. The first-order chi connectivity index (χ1) is 6.36. The molecule has 0 spiro atoms. The lowest BCUT2D eigenvalue weighted by atomic mass is 10.1. The molecular weight excluding hydrogens is 158 g/mol. The average molecular weight is 171 g/mol. The fourth-order valence-corrected chi connectivity index (χ4v) is 2.11. The van der Waals surface area contributed by atoms with Crippen LogP contribution in [0.3, 0.4) is 0 Å². The summed E-state index contributed by atoms with van der Waals surface area (Å²) in [6.45, 7) is 0. The Morgan fingerprint density at radius 2 is 2.08 bits per heavy atom. The molecule has 0 atom stereocenters. The summed E-state index contributed by atoms with van der Waals surface area (Å²) < 4.78 is 2.24. The minimum absolute atomic E-state index is 0.845. The van der Waals surface area contributed by atoms with E-state index in [2.05, 4.69) is 42.1 Å². The normalized spacial score (nSPS) is 16.7. The second-order valence-electron chi connectivity index (χ2n) is 3.99. The van der Waals surface area contributed by atoms with Crippen molar-refractivity contribution in [1.29, 1.82) is 0 Å². The summed E-state index contributed by atoms with van der Waals surface area (Å²) >= 11 is 0. The third-order valence-corrected chi connectivity index (χ3v) is 2.95. The maximum Gasteiger partial charge on any atom is 0.0513 e. The molecule has 13 heavy (non-hydrogen) atoms. The topological polar surface area (TPSA) is 4.93 Å². The van der Waals surface area contributed by atoms with Gasteiger partial charge in [0.05, 0.1) is 5.52 Å². The lowest BCUT2D eigenvalue weighted by Crippen LogP contribution is -1.89. The number of benzene rings is 1. The van der Waals surface area contributed by atoms with Gasteiger partial charge in [-0.15, -0.1) is 0 Å². The Morgan fingerprint density at radius 1 is 1.23 bits per heavy atom. The van der Waals surface area contributed by atoms with E-state index in [1.54, 1.807) is 5.56 Å². The third kappa shape index (κ3) is 0.998. The van der Waals surface area contributed by atoms with Crippen LogP contribution in [0.15, 0.2) is 30.5 Å². The van der Waals surface area contributed by atoms with E-state index >= 15 is 0 Å². The van der Waals surface area contributed by atoms with Gasteiger partial charge in [0.1, 0.15) is 0 Å². The van der Waals surface area contributed by atoms with Crippen molar-refractivity contribution in [2.24, 2.45) is 7.05 Å². The number of aromatic nitrogens is 1. The van der Waals surface area contributed by atoms with Crippen molar-refractivity contribution in [3.8, 4) is 0 Å². The van der Waals surface area contributed by atoms with Gasteiger partial charge in [0.15, 0.2) is 0 Å². The van der Waals surface area contributed by atoms with Crippen LogP contribution in [0.1, 0.15) is 24.3 Å². The molecule has 1 saturated carbocycles. The Hall–Kier alpha value is -1.24. The van der Waals surface area contributed by atoms with E-state index in [1.165, 1.54) is 23.7 Å². The molecule has 1 aromatic carbocycles. The second kappa shape index (κ2) is 2.38. The summed E-state index contributed by atoms with van der Waals surface area (Å²) in [5, 5.41) is 1.38. The molecule has 0 bridgehead atoms. The van der Waals surface area contributed by atoms with Gasteiger partial charge in [0, 0.05) is 13.2 Å². The zero-order valence-corrected chi connectivity index (χ0v) is 7.83. The van der Waals surface area contributed by atoms with Crippen LogP contribution in [0.2, 0.25) is 0 Å². The number of nitrogens with zero attached hydrogens (tertiary/aromatic N) is 1. The highest BCUT2D eigenvalue weighted by molar-refractivity contribution is 5.84. The molecule has 1 aliphatic carbocycles. The Labute approximate surface area is 78.0 Å². The molecule has 0 unspecified atom stereocenters. The summed E-state index contributed by atoms with van der Waals surface area (Å²) in [6, 6.07) is 8.85. The first kappa shape index (κ1) is 7.19. The first-order valence-corrected chi connectivity index (χ1v) is 4.90. The molecule has 0 aliphatic heterocycles. The van der Waals surface area contributed by atoms with Crippen LogP contribution in [0.4, 0.5) is 0 Å². The predicted octanol–water partition coefficient (Wildman–Crippen LogP) is 3.06. The number of fused-ring (bicyclic) bond motifs is 1. The zero-order valence-electron chi connectivity index (χ0n) is 7.83. The van der Waals surface area contributed by atoms with E-state index < -0.39 is 0 Å². The Balaban J connectivity index is 2.36. The van der Waals surface area contributed by atoms with Gasteiger partial charge in [0.25, 0.3) is 0 Å². The van der Waals surface area contributed by atoms with Gasteiger partial charge < -0.3 is 4.57 Å². The molecule has 0 N–H and O–H groups in total. The number of hydrogen-bond donors (Lipinski definition) is 0. The molecule has 3 rings (SSSR count). The molecule has 1 aromatic heterocycles. The zero-order chi connectivity index (χ0) is 8.84. The fraction of sp³-hybridized carbons (Fsp3) is 0.333. The molecular formula is C12H13N. The van der Waals surface area contributed by atoms with Crippen molar-refractivity contribution in [1.82, 2.24) is 4.57 Å². The smallest absolute Gasteiger partial charge is 0.0513 e. The van der Waals surface area contributed by atoms with E-state index in [-0.39, 0.29) is 0 Å². The molecule has 2 aromatic rings. The van der Waals surface area contributed by atoms with Crippen LogP contribution in [0.5, 0.6) is 0 Å². The van der Waals surface area contributed by atoms with Crippen molar-refractivity contribution in [2.75, 3.05) is 0 Å². The van der Waals surface area contributed by atoms with E-state index in [1.807, 2.05) is 0 Å². The molecule has 1 nitrogen and oxygen atoms in total. The van der Waals surface area contributed by atoms with Crippen LogP contribution in [0.25, 0.3) is 10.9 Å². The highest BCUT2D eigenvalue weighted by Crippen LogP contribution is 2.42. The molecule has 0 radical (unpaired) electrons. The van der Waals surface area contributed by atoms with Crippen LogP contribution in [0, 0.1) is 0 Å². The van der Waals surface area contributed by atoms with Gasteiger partial charge in [-0.1, -0.05) is 18.2 Å². The number of aryl methyl sites for hydroxylation is 1. The van der Waals surface area contributed by atoms with Gasteiger partial charge in [-0.25, -0.2) is 0 Å². The van der Waals surface area contributed by atoms with Gasteiger partial charge in [-0.2, -0.15) is 0 Å². The Bertz CT molecular complexity index is 449. The minimum atomic E-state index is 0.845. The van der Waals surface area contributed by atoms with E-state index in [4.69, 9.17) is 0 Å². The number of hydrogen-bond acceptors (Lipinski definition) is 0. The monoisotopic (exact) mass is 171 g/mol. The van der Waals surface area contributed by atoms with Gasteiger partial charge in [-0.05, 0) is 35.8 Å². The standard InChI is InChI=1S/C12H13N/c1-13-8-7-10-3-2-4-11(12(10)13)9-5-6-9/h2-4,7-9H,5-6H2,1H3. The minimum Gasteiger partial charge on any atom is -0.350 e. The molecule has 1 fully saturated rings. The van der Waals surface area contributed by atoms with Crippen molar-refractivity contribution < 1.29 is 0 Å². The Morgan fingerprint density at radius 3 is 2.85 bits per heavy atom. The van der Waals surface area contributed by atoms with E-state index in [0.717, 1.165) is 5.92 Å². The second-order valence-corrected chi connectivity index (χ2v) is 3.99. The molecule has 0 saturated heterocycles. The molecule has 1 heteroatoms. The highest BCUT2D eigenvalue weighted by Gasteiger charge is 2.25. The van der Waals surface area contributed by atoms with Crippen LogP contribution < -0.4 is 0 Å². The fourth-order valence-electron chi connectivity index (χ4n) is 2.11. The van der Waals surface area contributed by atoms with Crippen LogP contribution >= 0.6 is 0 Å². The van der Waals surface area contributed by atoms with Crippen molar-refractivity contribution >= 4 is 10.9 Å². The number of para-hydroxylation sites is 1. The predicted molar refractivity (Wildman–Crippen MR) is 54.9 cm³/mol. The largest absolute Gasteiger partial charge is 0.350 e. The van der Waals surface area contributed by atoms with Gasteiger partial charge in [-0.3, -0.25) is 0 Å². The maximum atomic E-state index is 2.28. The quantitative estimate of drug-likeness (QED) is 0.621. The van der Waals surface area contributed by atoms with Crippen LogP contribution in [-0.4, -0.2) is 4.57 Å². The van der Waals surface area contributed by atoms with E-state index in [9.17, 15) is 0 Å².